The van der Waals surface area contributed by atoms with Crippen LogP contribution in [-0.2, 0) is 78.7 Å². The summed E-state index contributed by atoms with van der Waals surface area (Å²) in [4.78, 5) is 146. The van der Waals surface area contributed by atoms with Gasteiger partial charge in [-0.2, -0.15) is 8.62 Å². The zero-order valence-corrected chi connectivity index (χ0v) is 48.0. The molecule has 0 radical (unpaired) electrons. The average Bonchev–Trinajstić information content (AvgIpc) is 2.67. The first-order valence-electron chi connectivity index (χ1n) is 22.8. The number of hydrogen-bond donors (Lipinski definition) is 14. The zero-order valence-electron chi connectivity index (χ0n) is 42.9. The third-order valence-corrected chi connectivity index (χ3v) is 15.9. The molecule has 46 heteroatoms. The smallest absolute Gasteiger partial charge is 0.466 e. The average molecular weight is 1340 g/mol. The Kier molecular flexibility index (Phi) is 25.7. The van der Waals surface area contributed by atoms with E-state index in [0.717, 1.165) is 90.4 Å². The number of H-pyrrole nitrogens is 3. The number of aliphatic hydroxyl groups excluding tert-OH is 7. The van der Waals surface area contributed by atoms with Gasteiger partial charge in [0.2, 0.25) is 0 Å². The Balaban J connectivity index is 0.000000280. The number of rotatable bonds is 20. The second kappa shape index (κ2) is 30.4. The zero-order chi connectivity index (χ0) is 64.3. The summed E-state index contributed by atoms with van der Waals surface area (Å²) >= 11 is 10.5. The molecule has 14 N–H and O–H groups in total. The van der Waals surface area contributed by atoms with Crippen molar-refractivity contribution in [3.63, 3.8) is 0 Å². The number of hydrogen-bond acceptors (Lipinski definition) is 30. The second-order valence-electron chi connectivity index (χ2n) is 16.8. The van der Waals surface area contributed by atoms with Crippen LogP contribution in [0.15, 0.2) is 65.6 Å². The topological polar surface area (TPSA) is 599 Å². The molecule has 3 aliphatic heterocycles. The number of halogens is 2. The summed E-state index contributed by atoms with van der Waals surface area (Å²) in [5.74, 6) is -2.30. The Morgan fingerprint density at radius 2 is 0.824 bits per heavy atom. The Hall–Kier alpha value is -5.55. The van der Waals surface area contributed by atoms with Crippen molar-refractivity contribution in [1.29, 1.82) is 0 Å². The molecule has 0 spiro atoms. The monoisotopic (exact) mass is 1340 g/mol. The Morgan fingerprint density at radius 1 is 0.518 bits per heavy atom. The fourth-order valence-electron chi connectivity index (χ4n) is 7.15. The molecule has 14 atom stereocenters. The van der Waals surface area contributed by atoms with Gasteiger partial charge >= 0.3 is 64.5 Å². The van der Waals surface area contributed by atoms with Crippen LogP contribution in [0.3, 0.4) is 0 Å². The van der Waals surface area contributed by atoms with E-state index in [1.807, 2.05) is 15.0 Å². The fourth-order valence-corrected chi connectivity index (χ4v) is 10.8. The first kappa shape index (κ1) is 71.9. The van der Waals surface area contributed by atoms with Gasteiger partial charge in [-0.1, -0.05) is 0 Å². The van der Waals surface area contributed by atoms with Crippen LogP contribution in [0.4, 0.5) is 0 Å². The predicted molar refractivity (Wildman–Crippen MR) is 277 cm³/mol. The van der Waals surface area contributed by atoms with Gasteiger partial charge in [0, 0.05) is 55.4 Å². The maximum absolute atomic E-state index is 12.2. The fraction of sp³-hybridized carbons (Fsp3) is 0.462. The molecule has 3 saturated heterocycles. The number of aromatic amines is 3. The van der Waals surface area contributed by atoms with Gasteiger partial charge in [0.1, 0.15) is 73.2 Å². The second-order valence-corrected chi connectivity index (χ2v) is 25.5. The first-order chi connectivity index (χ1) is 39.4. The van der Waals surface area contributed by atoms with E-state index in [1.54, 1.807) is 0 Å². The summed E-state index contributed by atoms with van der Waals surface area (Å²) in [7, 11) is -13.6. The Morgan fingerprint density at radius 3 is 1.11 bits per heavy atom. The summed E-state index contributed by atoms with van der Waals surface area (Å²) in [6.45, 7) is -2.18. The number of ether oxygens (including phenoxy) is 6. The lowest BCUT2D eigenvalue weighted by Crippen LogP contribution is -2.35. The van der Waals surface area contributed by atoms with Crippen molar-refractivity contribution in [2.24, 2.45) is 0 Å². The van der Waals surface area contributed by atoms with E-state index in [9.17, 15) is 96.9 Å². The van der Waals surface area contributed by atoms with E-state index >= 15 is 0 Å². The SMILES string of the molecule is COC(=O)/C=C/n1cc([C@@H]2O[C@H](CO)C(O)[C@@H]2O)c(=O)[nH]c1=O.COC(=O)/C=C/n1cc([C@@H]2O[C@H](COP(=O)(Cl)Cl)C(O)[C@@H]2O)c(=O)[nH]c1=O.COC(=O)/C=C/n1cc([C@@H]2O[C@H](COP(=O)(O)OP(=O)(O)OP(=O)(O)O)C(O)[C@@H]2O)c(=O)[nH]c1=O. The van der Waals surface area contributed by atoms with Crippen molar-refractivity contribution in [1.82, 2.24) is 28.7 Å². The Labute approximate surface area is 480 Å². The number of aliphatic hydroxyl groups is 7. The maximum atomic E-state index is 12.2. The minimum atomic E-state index is -5.79. The molecule has 0 bridgehead atoms. The molecule has 0 amide bonds. The molecule has 3 fully saturated rings. The van der Waals surface area contributed by atoms with Crippen molar-refractivity contribution in [2.75, 3.05) is 41.2 Å². The number of nitrogens with one attached hydrogen (secondary N) is 3. The van der Waals surface area contributed by atoms with E-state index in [0.29, 0.717) is 0 Å². The minimum absolute atomic E-state index is 0.137. The number of carbonyl (C=O) groups excluding carboxylic acids is 3. The highest BCUT2D eigenvalue weighted by Gasteiger charge is 2.49. The lowest BCUT2D eigenvalue weighted by atomic mass is 10.0. The molecule has 5 unspecified atom stereocenters. The van der Waals surface area contributed by atoms with Crippen LogP contribution >= 0.6 is 52.0 Å². The Bertz CT molecular complexity index is 3570. The van der Waals surface area contributed by atoms with Gasteiger partial charge in [-0.05, 0) is 22.5 Å². The van der Waals surface area contributed by atoms with E-state index < -0.39 is 180 Å². The van der Waals surface area contributed by atoms with E-state index in [2.05, 4.69) is 31.9 Å². The summed E-state index contributed by atoms with van der Waals surface area (Å²) < 4.78 is 92.5. The maximum Gasteiger partial charge on any atom is 0.490 e. The van der Waals surface area contributed by atoms with E-state index in [1.165, 1.54) is 0 Å². The molecule has 474 valence electrons. The van der Waals surface area contributed by atoms with Crippen LogP contribution in [-0.4, -0.2) is 198 Å². The summed E-state index contributed by atoms with van der Waals surface area (Å²) in [6.07, 6.45) is -13.0. The molecule has 3 aromatic heterocycles. The van der Waals surface area contributed by atoms with Crippen LogP contribution < -0.4 is 33.7 Å². The normalized spacial score (nSPS) is 26.5. The first-order valence-corrected chi connectivity index (χ1v) is 30.7. The van der Waals surface area contributed by atoms with Crippen LogP contribution in [0.2, 0.25) is 0 Å². The lowest BCUT2D eigenvalue weighted by molar-refractivity contribution is -0.135. The molecule has 0 aromatic carbocycles. The third kappa shape index (κ3) is 20.5. The molecular formula is C39H50Cl2N6O34P4. The van der Waals surface area contributed by atoms with Gasteiger partial charge in [0.15, 0.2) is 0 Å². The highest BCUT2D eigenvalue weighted by molar-refractivity contribution is 8.05. The third-order valence-electron chi connectivity index (χ3n) is 11.1. The van der Waals surface area contributed by atoms with Crippen molar-refractivity contribution in [3.8, 4) is 0 Å². The molecule has 3 aliphatic rings. The number of carbonyl (C=O) groups is 3. The highest BCUT2D eigenvalue weighted by Crippen LogP contribution is 2.66. The molecule has 0 aliphatic carbocycles. The van der Waals surface area contributed by atoms with Gasteiger partial charge in [0.25, 0.3) is 16.7 Å². The number of phosphoric ester groups is 1. The lowest BCUT2D eigenvalue weighted by Gasteiger charge is -2.19. The molecule has 6 rings (SSSR count). The number of esters is 3. The van der Waals surface area contributed by atoms with Crippen molar-refractivity contribution >= 4 is 88.5 Å². The number of phosphoric acid groups is 3. The van der Waals surface area contributed by atoms with Crippen molar-refractivity contribution in [3.05, 3.63) is 116 Å². The molecule has 40 nitrogen and oxygen atoms in total. The van der Waals surface area contributed by atoms with Crippen LogP contribution in [0, 0.1) is 0 Å². The number of methoxy groups -OCH3 is 3. The predicted octanol–water partition coefficient (Wildman–Crippen LogP) is -5.04. The minimum Gasteiger partial charge on any atom is -0.466 e. The van der Waals surface area contributed by atoms with E-state index in [4.69, 9.17) is 56.5 Å². The van der Waals surface area contributed by atoms with Gasteiger partial charge in [-0.25, -0.2) is 42.5 Å². The summed E-state index contributed by atoms with van der Waals surface area (Å²) in [5, 5.41) is 69.3. The van der Waals surface area contributed by atoms with E-state index in [-0.39, 0.29) is 11.1 Å². The van der Waals surface area contributed by atoms with Crippen LogP contribution in [0.25, 0.3) is 18.6 Å². The molecule has 6 heterocycles. The summed E-state index contributed by atoms with van der Waals surface area (Å²) in [6, 6.07) is 0. The van der Waals surface area contributed by atoms with Crippen molar-refractivity contribution in [2.45, 2.75) is 73.2 Å². The van der Waals surface area contributed by atoms with Gasteiger partial charge in [-0.15, -0.1) is 0 Å². The number of aromatic nitrogens is 6. The van der Waals surface area contributed by atoms with Crippen LogP contribution in [0.1, 0.15) is 35.0 Å². The quantitative estimate of drug-likeness (QED) is 0.0218. The van der Waals surface area contributed by atoms with Gasteiger partial charge in [-0.3, -0.25) is 52.1 Å². The number of nitrogens with zero attached hydrogens (tertiary/aromatic N) is 3. The van der Waals surface area contributed by atoms with Crippen molar-refractivity contribution < 1.29 is 134 Å². The van der Waals surface area contributed by atoms with Gasteiger partial charge in [0.05, 0.1) is 57.8 Å². The van der Waals surface area contributed by atoms with Gasteiger partial charge < -0.3 is 88.3 Å². The highest BCUT2D eigenvalue weighted by atomic mass is 35.9. The largest absolute Gasteiger partial charge is 0.490 e. The molecule has 85 heavy (non-hydrogen) atoms. The van der Waals surface area contributed by atoms with Crippen LogP contribution in [0.5, 0.6) is 0 Å². The summed E-state index contributed by atoms with van der Waals surface area (Å²) in [5.41, 5.74) is -6.17. The molecular weight excluding hydrogens is 1290 g/mol. The molecule has 0 saturated carbocycles. The standard InChI is InChI=1S/C13H15Cl2N2O9P.C13H19N2O17P3.C13H16N2O8/c1-24-8(18)2-3-17-4-6(12(21)16-13(17)22)11-10(20)9(19)7(26-11)5-25-27(14,15)23;1-28-8(16)2-3-15-4-6(12(19)14-13(15)20)11-10(18)9(17)7(30-11)5-29-34(24,25)32-35(26,27)31-33(21,22)23;1-22-8(17)2-3-15-4-6(12(20)14-13(15)21)11-10(19)9(18)7(5-16)23-11/h2-4,7,9-11,19-20H,5H2,1H3,(H,16,21,22);2-4,7,9-11,17-18H,5H2,1H3,(H,24,25)(H,26,27)(H,14,19,20)(H2,21,22,23);2-4,7,9-11,16,18-19H,5H2,1H3,(H,14,20,21)/b3*3-2+/t3*7-,9?,10+,11+/m111/s1. The molecule has 3 aromatic rings.